The molecule has 9 aromatic rings. The van der Waals surface area contributed by atoms with E-state index in [1.54, 1.807) is 33.9 Å². The molecule has 0 fully saturated rings. The van der Waals surface area contributed by atoms with Crippen molar-refractivity contribution < 1.29 is 4.57 Å². The van der Waals surface area contributed by atoms with E-state index >= 15 is 0 Å². The molecule has 0 spiro atoms. The summed E-state index contributed by atoms with van der Waals surface area (Å²) in [6.07, 6.45) is 15.4. The number of rotatable bonds is 7. The Bertz CT molecular complexity index is 2920. The third-order valence-corrected chi connectivity index (χ3v) is 9.29. The molecule has 3 aromatic carbocycles. The summed E-state index contributed by atoms with van der Waals surface area (Å²) in [4.78, 5) is 47.8. The molecule has 0 atom stereocenters. The van der Waals surface area contributed by atoms with Crippen LogP contribution < -0.4 is 15.7 Å². The number of hydrogen-bond acceptors (Lipinski definition) is 7. The highest BCUT2D eigenvalue weighted by Crippen LogP contribution is 2.26. The number of aromatic nitrogens is 8. The summed E-state index contributed by atoms with van der Waals surface area (Å²) in [7, 11) is 0. The molecular formula is C42H29N8O2+. The van der Waals surface area contributed by atoms with Crippen molar-refractivity contribution in [1.82, 2.24) is 34.1 Å². The fraction of sp³-hybridized carbons (Fsp3) is 0.0476. The molecule has 0 radical (unpaired) electrons. The highest BCUT2D eigenvalue weighted by Gasteiger charge is 2.17. The van der Waals surface area contributed by atoms with Crippen molar-refractivity contribution in [2.24, 2.45) is 0 Å². The number of hydrogen-bond donors (Lipinski definition) is 0. The van der Waals surface area contributed by atoms with Gasteiger partial charge >= 0.3 is 0 Å². The van der Waals surface area contributed by atoms with Crippen molar-refractivity contribution in [3.63, 3.8) is 0 Å². The van der Waals surface area contributed by atoms with Crippen molar-refractivity contribution in [2.75, 3.05) is 0 Å². The van der Waals surface area contributed by atoms with Crippen LogP contribution in [0.25, 0.3) is 60.9 Å². The van der Waals surface area contributed by atoms with Crippen LogP contribution in [0.2, 0.25) is 0 Å². The van der Waals surface area contributed by atoms with Gasteiger partial charge in [-0.25, -0.2) is 15.0 Å². The van der Waals surface area contributed by atoms with Gasteiger partial charge in [0.15, 0.2) is 11.7 Å². The summed E-state index contributed by atoms with van der Waals surface area (Å²) in [5.41, 5.74) is 10.3. The van der Waals surface area contributed by atoms with E-state index in [0.29, 0.717) is 24.1 Å². The molecule has 10 nitrogen and oxygen atoms in total. The van der Waals surface area contributed by atoms with Gasteiger partial charge in [-0.3, -0.25) is 19.6 Å². The Morgan fingerprint density at radius 1 is 0.538 bits per heavy atom. The first kappa shape index (κ1) is 30.8. The molecule has 248 valence electrons. The average Bonchev–Trinajstić information content (AvgIpc) is 3.20. The SMILES string of the molecule is O=c1cnc2cnccc2n1Cc1cccc(-c2cnc3c(-[n+]4ccc5c(c4)ncc(=O)n5Cc4cccc(-c5ccncc5)c4)cccc3c2)c1. The Morgan fingerprint density at radius 2 is 1.19 bits per heavy atom. The van der Waals surface area contributed by atoms with Gasteiger partial charge in [-0.15, -0.1) is 0 Å². The molecule has 0 bridgehead atoms. The summed E-state index contributed by atoms with van der Waals surface area (Å²) in [6.45, 7) is 0.813. The maximum atomic E-state index is 13.1. The van der Waals surface area contributed by atoms with E-state index in [0.717, 1.165) is 61.0 Å². The smallest absolute Gasteiger partial charge is 0.269 e. The maximum Gasteiger partial charge on any atom is 0.269 e. The van der Waals surface area contributed by atoms with E-state index in [-0.39, 0.29) is 11.1 Å². The van der Waals surface area contributed by atoms with Crippen LogP contribution in [0.15, 0.2) is 162 Å². The minimum atomic E-state index is -0.166. The molecule has 6 aromatic heterocycles. The largest absolute Gasteiger partial charge is 0.301 e. The minimum absolute atomic E-state index is 0.165. The van der Waals surface area contributed by atoms with Gasteiger partial charge in [-0.05, 0) is 64.2 Å². The summed E-state index contributed by atoms with van der Waals surface area (Å²) >= 11 is 0. The Labute approximate surface area is 296 Å². The molecule has 0 aliphatic heterocycles. The number of fused-ring (bicyclic) bond motifs is 3. The van der Waals surface area contributed by atoms with Gasteiger partial charge < -0.3 is 9.13 Å². The van der Waals surface area contributed by atoms with Gasteiger partial charge in [0.1, 0.15) is 11.0 Å². The van der Waals surface area contributed by atoms with Crippen LogP contribution >= 0.6 is 0 Å². The summed E-state index contributed by atoms with van der Waals surface area (Å²) in [5.74, 6) is 0. The van der Waals surface area contributed by atoms with Crippen molar-refractivity contribution in [3.8, 4) is 27.9 Å². The third-order valence-electron chi connectivity index (χ3n) is 9.29. The molecule has 0 aliphatic rings. The zero-order valence-corrected chi connectivity index (χ0v) is 27.7. The van der Waals surface area contributed by atoms with Crippen molar-refractivity contribution in [3.05, 3.63) is 185 Å². The normalized spacial score (nSPS) is 11.4. The topological polar surface area (TPSA) is 112 Å². The van der Waals surface area contributed by atoms with Crippen LogP contribution in [0.3, 0.4) is 0 Å². The van der Waals surface area contributed by atoms with E-state index in [9.17, 15) is 9.59 Å². The van der Waals surface area contributed by atoms with Crippen LogP contribution in [0.5, 0.6) is 0 Å². The summed E-state index contributed by atoms with van der Waals surface area (Å²) in [5, 5.41) is 0.976. The van der Waals surface area contributed by atoms with Crippen molar-refractivity contribution in [1.29, 1.82) is 0 Å². The first-order chi connectivity index (χ1) is 25.6. The van der Waals surface area contributed by atoms with Crippen molar-refractivity contribution >= 4 is 33.0 Å². The first-order valence-electron chi connectivity index (χ1n) is 16.8. The monoisotopic (exact) mass is 677 g/mol. The van der Waals surface area contributed by atoms with E-state index in [1.165, 1.54) is 12.4 Å². The van der Waals surface area contributed by atoms with Gasteiger partial charge in [-0.2, -0.15) is 4.57 Å². The Kier molecular flexibility index (Phi) is 7.66. The lowest BCUT2D eigenvalue weighted by atomic mass is 10.0. The van der Waals surface area contributed by atoms with Gasteiger partial charge in [-0.1, -0.05) is 48.5 Å². The second-order valence-electron chi connectivity index (χ2n) is 12.6. The molecule has 0 saturated heterocycles. The molecular weight excluding hydrogens is 649 g/mol. The zero-order valence-electron chi connectivity index (χ0n) is 27.7. The fourth-order valence-corrected chi connectivity index (χ4v) is 6.73. The quantitative estimate of drug-likeness (QED) is 0.186. The first-order valence-corrected chi connectivity index (χ1v) is 16.8. The summed E-state index contributed by atoms with van der Waals surface area (Å²) < 4.78 is 5.46. The van der Waals surface area contributed by atoms with Crippen LogP contribution in [0, 0.1) is 0 Å². The fourth-order valence-electron chi connectivity index (χ4n) is 6.73. The highest BCUT2D eigenvalue weighted by atomic mass is 16.1. The predicted octanol–water partition coefficient (Wildman–Crippen LogP) is 6.15. The number of para-hydroxylation sites is 1. The average molecular weight is 678 g/mol. The molecule has 0 unspecified atom stereocenters. The molecule has 0 amide bonds. The van der Waals surface area contributed by atoms with E-state index in [4.69, 9.17) is 4.98 Å². The molecule has 9 rings (SSSR count). The van der Waals surface area contributed by atoms with Gasteiger partial charge in [0.2, 0.25) is 11.9 Å². The van der Waals surface area contributed by atoms with E-state index < -0.39 is 0 Å². The molecule has 0 N–H and O–H groups in total. The standard InChI is InChI=1S/C42H29N8O2/c51-40-23-45-35-22-44-16-12-37(35)49(40)25-29-5-2-7-32(19-29)34-20-33-8-3-9-39(42(33)47-21-34)48-17-13-38-36(27-48)46-24-41(52)50(38)26-28-4-1-6-31(18-28)30-10-14-43-15-11-30/h1-24,27H,25-26H2/q+1. The van der Waals surface area contributed by atoms with Gasteiger partial charge in [0, 0.05) is 47.9 Å². The summed E-state index contributed by atoms with van der Waals surface area (Å²) in [6, 6.07) is 32.2. The van der Waals surface area contributed by atoms with E-state index in [2.05, 4.69) is 44.2 Å². The Morgan fingerprint density at radius 3 is 1.94 bits per heavy atom. The van der Waals surface area contributed by atoms with Crippen molar-refractivity contribution in [2.45, 2.75) is 13.1 Å². The van der Waals surface area contributed by atoms with Crippen LogP contribution in [0.1, 0.15) is 11.1 Å². The molecule has 0 saturated carbocycles. The molecule has 52 heavy (non-hydrogen) atoms. The highest BCUT2D eigenvalue weighted by molar-refractivity contribution is 5.88. The predicted molar refractivity (Wildman–Crippen MR) is 200 cm³/mol. The van der Waals surface area contributed by atoms with Crippen LogP contribution in [-0.2, 0) is 13.1 Å². The third kappa shape index (κ3) is 5.77. The van der Waals surface area contributed by atoms with Gasteiger partial charge in [0.05, 0.1) is 42.7 Å². The second-order valence-corrected chi connectivity index (χ2v) is 12.6. The Balaban J connectivity index is 1.03. The van der Waals surface area contributed by atoms with Crippen LogP contribution in [0.4, 0.5) is 0 Å². The number of benzene rings is 3. The van der Waals surface area contributed by atoms with E-state index in [1.807, 2.05) is 96.0 Å². The zero-order chi connectivity index (χ0) is 35.0. The van der Waals surface area contributed by atoms with Gasteiger partial charge in [0.25, 0.3) is 11.1 Å². The lowest BCUT2D eigenvalue weighted by Gasteiger charge is -2.11. The lowest BCUT2D eigenvalue weighted by Crippen LogP contribution is -2.31. The molecule has 0 aliphatic carbocycles. The number of pyridine rings is 4. The maximum absolute atomic E-state index is 13.1. The molecule has 10 heteroatoms. The molecule has 6 heterocycles. The van der Waals surface area contributed by atoms with Crippen LogP contribution in [-0.4, -0.2) is 34.1 Å². The second kappa shape index (κ2) is 12.9. The lowest BCUT2D eigenvalue weighted by molar-refractivity contribution is -0.592. The number of nitrogens with zero attached hydrogens (tertiary/aromatic N) is 8. The Hall–Kier alpha value is -7.20. The minimum Gasteiger partial charge on any atom is -0.301 e.